The molecule has 0 saturated heterocycles. The van der Waals surface area contributed by atoms with E-state index in [1.807, 2.05) is 13.0 Å². The van der Waals surface area contributed by atoms with Gasteiger partial charge in [0.15, 0.2) is 0 Å². The second kappa shape index (κ2) is 4.40. The maximum absolute atomic E-state index is 8.50. The molecular formula is C8H7Cl2N3. The summed E-state index contributed by atoms with van der Waals surface area (Å²) in [5.41, 5.74) is 0.646. The first-order valence-electron chi connectivity index (χ1n) is 3.69. The molecule has 0 bridgehead atoms. The van der Waals surface area contributed by atoms with Gasteiger partial charge in [-0.05, 0) is 0 Å². The minimum atomic E-state index is -0.0359. The van der Waals surface area contributed by atoms with E-state index in [1.165, 1.54) is 6.33 Å². The summed E-state index contributed by atoms with van der Waals surface area (Å²) in [5.74, 6) is -0.0359. The van der Waals surface area contributed by atoms with Crippen LogP contribution in [0, 0.1) is 11.3 Å². The van der Waals surface area contributed by atoms with Crippen molar-refractivity contribution < 1.29 is 0 Å². The second-order valence-electron chi connectivity index (χ2n) is 2.63. The lowest BCUT2D eigenvalue weighted by Gasteiger charge is -2.09. The Morgan fingerprint density at radius 1 is 1.46 bits per heavy atom. The highest BCUT2D eigenvalue weighted by molar-refractivity contribution is 6.34. The van der Waals surface area contributed by atoms with E-state index in [0.29, 0.717) is 22.3 Å². The lowest BCUT2D eigenvalue weighted by molar-refractivity contribution is 0.776. The summed E-state index contributed by atoms with van der Waals surface area (Å²) in [6, 6.07) is 2.05. The van der Waals surface area contributed by atoms with Crippen molar-refractivity contribution in [2.45, 2.75) is 19.3 Å². The van der Waals surface area contributed by atoms with Crippen LogP contribution in [0.15, 0.2) is 6.33 Å². The maximum Gasteiger partial charge on any atom is 0.137 e. The number of rotatable bonds is 2. The van der Waals surface area contributed by atoms with Gasteiger partial charge in [-0.2, -0.15) is 5.26 Å². The standard InChI is InChI=1S/C8H7Cl2N3/c1-5(2-3-11)6-7(9)12-4-13-8(6)10/h4-5H,2H2,1H3. The van der Waals surface area contributed by atoms with Crippen LogP contribution in [0.25, 0.3) is 0 Å². The van der Waals surface area contributed by atoms with Crippen molar-refractivity contribution in [3.05, 3.63) is 22.2 Å². The highest BCUT2D eigenvalue weighted by Gasteiger charge is 2.14. The Kier molecular flexibility index (Phi) is 3.47. The minimum absolute atomic E-state index is 0.0359. The van der Waals surface area contributed by atoms with Gasteiger partial charge in [-0.25, -0.2) is 9.97 Å². The summed E-state index contributed by atoms with van der Waals surface area (Å²) in [6.07, 6.45) is 1.65. The molecule has 13 heavy (non-hydrogen) atoms. The van der Waals surface area contributed by atoms with Gasteiger partial charge in [0.2, 0.25) is 0 Å². The van der Waals surface area contributed by atoms with Gasteiger partial charge >= 0.3 is 0 Å². The first-order valence-corrected chi connectivity index (χ1v) is 4.45. The van der Waals surface area contributed by atoms with Crippen molar-refractivity contribution in [1.82, 2.24) is 9.97 Å². The van der Waals surface area contributed by atoms with Crippen molar-refractivity contribution in [3.63, 3.8) is 0 Å². The van der Waals surface area contributed by atoms with Gasteiger partial charge in [0.1, 0.15) is 16.6 Å². The van der Waals surface area contributed by atoms with Gasteiger partial charge in [-0.15, -0.1) is 0 Å². The summed E-state index contributed by atoms with van der Waals surface area (Å²) in [4.78, 5) is 7.61. The van der Waals surface area contributed by atoms with E-state index >= 15 is 0 Å². The van der Waals surface area contributed by atoms with Crippen LogP contribution >= 0.6 is 23.2 Å². The van der Waals surface area contributed by atoms with Crippen LogP contribution in [0.2, 0.25) is 10.3 Å². The molecule has 1 atom stereocenters. The summed E-state index contributed by atoms with van der Waals surface area (Å²) in [5, 5.41) is 9.15. The molecule has 1 aromatic heterocycles. The van der Waals surface area contributed by atoms with Crippen LogP contribution in [0.4, 0.5) is 0 Å². The number of hydrogen-bond donors (Lipinski definition) is 0. The fraction of sp³-hybridized carbons (Fsp3) is 0.375. The molecule has 0 radical (unpaired) electrons. The average Bonchev–Trinajstić information content (AvgIpc) is 2.04. The van der Waals surface area contributed by atoms with Crippen molar-refractivity contribution >= 4 is 23.2 Å². The van der Waals surface area contributed by atoms with E-state index in [-0.39, 0.29) is 5.92 Å². The van der Waals surface area contributed by atoms with Gasteiger partial charge in [-0.3, -0.25) is 0 Å². The first kappa shape index (κ1) is 10.2. The van der Waals surface area contributed by atoms with Gasteiger partial charge in [0.05, 0.1) is 6.07 Å². The number of hydrogen-bond acceptors (Lipinski definition) is 3. The summed E-state index contributed by atoms with van der Waals surface area (Å²) < 4.78 is 0. The molecule has 0 aliphatic heterocycles. The topological polar surface area (TPSA) is 49.6 Å². The Balaban J connectivity index is 3.06. The predicted molar refractivity (Wildman–Crippen MR) is 50.7 cm³/mol. The Morgan fingerprint density at radius 3 is 2.46 bits per heavy atom. The molecule has 0 N–H and O–H groups in total. The summed E-state index contributed by atoms with van der Waals surface area (Å²) in [7, 11) is 0. The summed E-state index contributed by atoms with van der Waals surface area (Å²) >= 11 is 11.6. The molecule has 5 heteroatoms. The SMILES string of the molecule is CC(CC#N)c1c(Cl)ncnc1Cl. The first-order chi connectivity index (χ1) is 6.16. The van der Waals surface area contributed by atoms with E-state index in [9.17, 15) is 0 Å². The summed E-state index contributed by atoms with van der Waals surface area (Å²) in [6.45, 7) is 1.86. The van der Waals surface area contributed by atoms with Crippen LogP contribution in [0.3, 0.4) is 0 Å². The van der Waals surface area contributed by atoms with Crippen LogP contribution < -0.4 is 0 Å². The second-order valence-corrected chi connectivity index (χ2v) is 3.35. The quantitative estimate of drug-likeness (QED) is 0.714. The van der Waals surface area contributed by atoms with Crippen LogP contribution in [0.5, 0.6) is 0 Å². The van der Waals surface area contributed by atoms with Crippen molar-refractivity contribution in [2.24, 2.45) is 0 Å². The van der Waals surface area contributed by atoms with E-state index in [0.717, 1.165) is 0 Å². The molecule has 1 heterocycles. The monoisotopic (exact) mass is 215 g/mol. The number of halogens is 2. The highest BCUT2D eigenvalue weighted by Crippen LogP contribution is 2.29. The average molecular weight is 216 g/mol. The van der Waals surface area contributed by atoms with Crippen LogP contribution in [-0.2, 0) is 0 Å². The van der Waals surface area contributed by atoms with E-state index in [4.69, 9.17) is 28.5 Å². The zero-order valence-electron chi connectivity index (χ0n) is 6.96. The Morgan fingerprint density at radius 2 is 2.00 bits per heavy atom. The molecule has 0 aliphatic rings. The molecule has 1 aromatic rings. The zero-order chi connectivity index (χ0) is 9.84. The lowest BCUT2D eigenvalue weighted by Crippen LogP contribution is -1.98. The third-order valence-corrected chi connectivity index (χ3v) is 2.28. The molecule has 0 amide bonds. The van der Waals surface area contributed by atoms with Gasteiger partial charge in [0.25, 0.3) is 0 Å². The molecule has 1 unspecified atom stereocenters. The smallest absolute Gasteiger partial charge is 0.137 e. The molecule has 1 rings (SSSR count). The number of aromatic nitrogens is 2. The third-order valence-electron chi connectivity index (χ3n) is 1.68. The van der Waals surface area contributed by atoms with E-state index in [1.54, 1.807) is 0 Å². The van der Waals surface area contributed by atoms with Gasteiger partial charge < -0.3 is 0 Å². The van der Waals surface area contributed by atoms with E-state index in [2.05, 4.69) is 9.97 Å². The third kappa shape index (κ3) is 2.30. The largest absolute Gasteiger partial charge is 0.224 e. The fourth-order valence-electron chi connectivity index (χ4n) is 1.00. The molecule has 0 saturated carbocycles. The zero-order valence-corrected chi connectivity index (χ0v) is 8.47. The Hall–Kier alpha value is -0.850. The molecule has 0 aliphatic carbocycles. The molecule has 68 valence electrons. The Labute approximate surface area is 86.3 Å². The molecular weight excluding hydrogens is 209 g/mol. The van der Waals surface area contributed by atoms with Crippen LogP contribution in [-0.4, -0.2) is 9.97 Å². The van der Waals surface area contributed by atoms with Crippen molar-refractivity contribution in [3.8, 4) is 6.07 Å². The predicted octanol–water partition coefficient (Wildman–Crippen LogP) is 2.80. The molecule has 0 aromatic carbocycles. The van der Waals surface area contributed by atoms with E-state index < -0.39 is 0 Å². The van der Waals surface area contributed by atoms with Crippen molar-refractivity contribution in [2.75, 3.05) is 0 Å². The highest BCUT2D eigenvalue weighted by atomic mass is 35.5. The van der Waals surface area contributed by atoms with Gasteiger partial charge in [0, 0.05) is 17.9 Å². The van der Waals surface area contributed by atoms with Gasteiger partial charge in [-0.1, -0.05) is 30.1 Å². The normalized spacial score (nSPS) is 12.2. The molecule has 0 spiro atoms. The fourth-order valence-corrected chi connectivity index (χ4v) is 1.69. The lowest BCUT2D eigenvalue weighted by atomic mass is 10.0. The maximum atomic E-state index is 8.50. The molecule has 3 nitrogen and oxygen atoms in total. The number of nitrogens with zero attached hydrogens (tertiary/aromatic N) is 3. The van der Waals surface area contributed by atoms with Crippen molar-refractivity contribution in [1.29, 1.82) is 5.26 Å². The Bertz CT molecular complexity index is 325. The minimum Gasteiger partial charge on any atom is -0.224 e. The molecule has 0 fully saturated rings. The van der Waals surface area contributed by atoms with Crippen LogP contribution in [0.1, 0.15) is 24.8 Å². The number of nitriles is 1.